The number of hydrogen-bond acceptors (Lipinski definition) is 3. The standard InChI is InChI=1S/C11H14F3NO2/c1-6(15)10(16)8-4-3-7(17-2)5-9(8)11(12,13)14/h3-6,10,16H,15H2,1-2H3/t6-,10-/m1/s1. The highest BCUT2D eigenvalue weighted by Gasteiger charge is 2.36. The van der Waals surface area contributed by atoms with Crippen LogP contribution in [0.4, 0.5) is 13.2 Å². The van der Waals surface area contributed by atoms with E-state index in [-0.39, 0.29) is 11.3 Å². The first-order valence-corrected chi connectivity index (χ1v) is 4.96. The second-order valence-corrected chi connectivity index (χ2v) is 3.75. The molecule has 0 aliphatic carbocycles. The van der Waals surface area contributed by atoms with E-state index in [2.05, 4.69) is 0 Å². The summed E-state index contributed by atoms with van der Waals surface area (Å²) >= 11 is 0. The molecule has 0 bridgehead atoms. The van der Waals surface area contributed by atoms with Crippen LogP contribution in [0.2, 0.25) is 0 Å². The van der Waals surface area contributed by atoms with E-state index in [0.717, 1.165) is 6.07 Å². The number of alkyl halides is 3. The lowest BCUT2D eigenvalue weighted by atomic mass is 9.97. The maximum Gasteiger partial charge on any atom is 0.416 e. The fourth-order valence-electron chi connectivity index (χ4n) is 1.45. The van der Waals surface area contributed by atoms with Crippen LogP contribution in [-0.2, 0) is 6.18 Å². The van der Waals surface area contributed by atoms with Gasteiger partial charge in [0.05, 0.1) is 18.8 Å². The highest BCUT2D eigenvalue weighted by atomic mass is 19.4. The van der Waals surface area contributed by atoms with Gasteiger partial charge >= 0.3 is 6.18 Å². The molecule has 0 saturated heterocycles. The smallest absolute Gasteiger partial charge is 0.416 e. The normalized spacial score (nSPS) is 15.5. The first-order valence-electron chi connectivity index (χ1n) is 4.96. The Morgan fingerprint density at radius 2 is 1.94 bits per heavy atom. The molecule has 0 fully saturated rings. The van der Waals surface area contributed by atoms with Crippen LogP contribution in [-0.4, -0.2) is 18.3 Å². The van der Waals surface area contributed by atoms with Crippen LogP contribution in [0.15, 0.2) is 18.2 Å². The summed E-state index contributed by atoms with van der Waals surface area (Å²) in [4.78, 5) is 0. The number of halogens is 3. The summed E-state index contributed by atoms with van der Waals surface area (Å²) in [6, 6.07) is 2.59. The molecule has 1 rings (SSSR count). The molecule has 0 aromatic heterocycles. The summed E-state index contributed by atoms with van der Waals surface area (Å²) in [5, 5.41) is 9.64. The molecule has 0 aliphatic rings. The Bertz CT molecular complexity index is 391. The summed E-state index contributed by atoms with van der Waals surface area (Å²) < 4.78 is 43.1. The van der Waals surface area contributed by atoms with Crippen molar-refractivity contribution in [1.82, 2.24) is 0 Å². The van der Waals surface area contributed by atoms with E-state index in [9.17, 15) is 18.3 Å². The highest BCUT2D eigenvalue weighted by Crippen LogP contribution is 2.37. The first-order chi connectivity index (χ1) is 7.77. The summed E-state index contributed by atoms with van der Waals surface area (Å²) in [6.07, 6.45) is -5.92. The van der Waals surface area contributed by atoms with Crippen molar-refractivity contribution in [2.75, 3.05) is 7.11 Å². The van der Waals surface area contributed by atoms with Gasteiger partial charge in [0.25, 0.3) is 0 Å². The van der Waals surface area contributed by atoms with Gasteiger partial charge in [0.15, 0.2) is 0 Å². The van der Waals surface area contributed by atoms with E-state index in [1.807, 2.05) is 0 Å². The lowest BCUT2D eigenvalue weighted by Gasteiger charge is -2.20. The Morgan fingerprint density at radius 3 is 2.35 bits per heavy atom. The van der Waals surface area contributed by atoms with Crippen molar-refractivity contribution >= 4 is 0 Å². The zero-order valence-electron chi connectivity index (χ0n) is 9.45. The lowest BCUT2D eigenvalue weighted by molar-refractivity contribution is -0.139. The molecule has 0 radical (unpaired) electrons. The molecule has 3 N–H and O–H groups in total. The van der Waals surface area contributed by atoms with Crippen LogP contribution in [0.5, 0.6) is 5.75 Å². The van der Waals surface area contributed by atoms with Gasteiger partial charge in [-0.1, -0.05) is 6.07 Å². The summed E-state index contributed by atoms with van der Waals surface area (Å²) in [5.74, 6) is 0.0814. The lowest BCUT2D eigenvalue weighted by Crippen LogP contribution is -2.26. The van der Waals surface area contributed by atoms with E-state index >= 15 is 0 Å². The van der Waals surface area contributed by atoms with Crippen molar-refractivity contribution in [3.8, 4) is 5.75 Å². The van der Waals surface area contributed by atoms with Crippen LogP contribution in [0.1, 0.15) is 24.2 Å². The molecule has 0 unspecified atom stereocenters. The molecule has 0 spiro atoms. The minimum absolute atomic E-state index is 0.0814. The summed E-state index contributed by atoms with van der Waals surface area (Å²) in [7, 11) is 1.27. The number of rotatable bonds is 3. The quantitative estimate of drug-likeness (QED) is 0.862. The molecule has 0 amide bonds. The number of hydrogen-bond donors (Lipinski definition) is 2. The van der Waals surface area contributed by atoms with E-state index in [1.54, 1.807) is 0 Å². The summed E-state index contributed by atoms with van der Waals surface area (Å²) in [6.45, 7) is 1.44. The van der Waals surface area contributed by atoms with Gasteiger partial charge in [-0.3, -0.25) is 0 Å². The Kier molecular flexibility index (Phi) is 4.00. The van der Waals surface area contributed by atoms with Crippen molar-refractivity contribution in [3.05, 3.63) is 29.3 Å². The van der Waals surface area contributed by atoms with Crippen LogP contribution in [0.25, 0.3) is 0 Å². The third-order valence-electron chi connectivity index (χ3n) is 2.38. The van der Waals surface area contributed by atoms with Gasteiger partial charge in [0, 0.05) is 6.04 Å². The zero-order chi connectivity index (χ0) is 13.2. The molecule has 3 nitrogen and oxygen atoms in total. The molecule has 0 saturated carbocycles. The molecule has 6 heteroatoms. The number of aliphatic hydroxyl groups excluding tert-OH is 1. The molecular weight excluding hydrogens is 235 g/mol. The van der Waals surface area contributed by atoms with Gasteiger partial charge in [-0.15, -0.1) is 0 Å². The van der Waals surface area contributed by atoms with Crippen molar-refractivity contribution < 1.29 is 23.0 Å². The molecule has 1 aromatic rings. The van der Waals surface area contributed by atoms with Gasteiger partial charge in [0.2, 0.25) is 0 Å². The van der Waals surface area contributed by atoms with E-state index in [0.29, 0.717) is 0 Å². The molecular formula is C11H14F3NO2. The minimum Gasteiger partial charge on any atom is -0.497 e. The number of nitrogens with two attached hydrogens (primary N) is 1. The number of methoxy groups -OCH3 is 1. The van der Waals surface area contributed by atoms with E-state index in [4.69, 9.17) is 10.5 Å². The van der Waals surface area contributed by atoms with Crippen molar-refractivity contribution in [2.45, 2.75) is 25.2 Å². The maximum atomic E-state index is 12.8. The van der Waals surface area contributed by atoms with Crippen molar-refractivity contribution in [1.29, 1.82) is 0 Å². The number of ether oxygens (including phenoxy) is 1. The molecule has 0 heterocycles. The van der Waals surface area contributed by atoms with Crippen molar-refractivity contribution in [3.63, 3.8) is 0 Å². The van der Waals surface area contributed by atoms with E-state index < -0.39 is 23.9 Å². The second-order valence-electron chi connectivity index (χ2n) is 3.75. The molecule has 0 aliphatic heterocycles. The predicted molar refractivity (Wildman–Crippen MR) is 56.6 cm³/mol. The summed E-state index contributed by atoms with van der Waals surface area (Å²) in [5.41, 5.74) is 4.23. The first kappa shape index (κ1) is 13.8. The predicted octanol–water partition coefficient (Wildman–Crippen LogP) is 2.09. The Balaban J connectivity index is 3.30. The fraction of sp³-hybridized carbons (Fsp3) is 0.455. The van der Waals surface area contributed by atoms with Crippen molar-refractivity contribution in [2.24, 2.45) is 5.73 Å². The molecule has 1 aromatic carbocycles. The number of benzene rings is 1. The van der Waals surface area contributed by atoms with Gasteiger partial charge in [-0.25, -0.2) is 0 Å². The van der Waals surface area contributed by atoms with E-state index in [1.165, 1.54) is 26.2 Å². The zero-order valence-corrected chi connectivity index (χ0v) is 9.45. The highest BCUT2D eigenvalue weighted by molar-refractivity contribution is 5.39. The van der Waals surface area contributed by atoms with Crippen LogP contribution < -0.4 is 10.5 Å². The Hall–Kier alpha value is -1.27. The number of aliphatic hydroxyl groups is 1. The van der Waals surface area contributed by atoms with Gasteiger partial charge in [0.1, 0.15) is 5.75 Å². The minimum atomic E-state index is -4.56. The largest absolute Gasteiger partial charge is 0.497 e. The molecule has 17 heavy (non-hydrogen) atoms. The molecule has 96 valence electrons. The second kappa shape index (κ2) is 4.93. The fourth-order valence-corrected chi connectivity index (χ4v) is 1.45. The Morgan fingerprint density at radius 1 is 1.35 bits per heavy atom. The Labute approximate surface area is 97.0 Å². The van der Waals surface area contributed by atoms with Crippen LogP contribution in [0.3, 0.4) is 0 Å². The van der Waals surface area contributed by atoms with Gasteiger partial charge in [-0.05, 0) is 24.6 Å². The average Bonchev–Trinajstić information content (AvgIpc) is 2.26. The van der Waals surface area contributed by atoms with Gasteiger partial charge < -0.3 is 15.6 Å². The van der Waals surface area contributed by atoms with Crippen LogP contribution in [0, 0.1) is 0 Å². The van der Waals surface area contributed by atoms with Gasteiger partial charge in [-0.2, -0.15) is 13.2 Å². The third-order valence-corrected chi connectivity index (χ3v) is 2.38. The third kappa shape index (κ3) is 3.10. The SMILES string of the molecule is COc1ccc([C@H](O)[C@@H](C)N)c(C(F)(F)F)c1. The molecule has 2 atom stereocenters. The maximum absolute atomic E-state index is 12.8. The average molecular weight is 249 g/mol. The van der Waals surface area contributed by atoms with Crippen LogP contribution >= 0.6 is 0 Å². The monoisotopic (exact) mass is 249 g/mol. The topological polar surface area (TPSA) is 55.5 Å².